The van der Waals surface area contributed by atoms with E-state index in [-0.39, 0.29) is 18.6 Å². The fourth-order valence-corrected chi connectivity index (χ4v) is 4.24. The molecule has 0 saturated heterocycles. The number of rotatable bonds is 8. The van der Waals surface area contributed by atoms with Crippen molar-refractivity contribution in [3.8, 4) is 11.1 Å². The lowest BCUT2D eigenvalue weighted by molar-refractivity contribution is 0.0706. The van der Waals surface area contributed by atoms with Gasteiger partial charge >= 0.3 is 0 Å². The van der Waals surface area contributed by atoms with Crippen molar-refractivity contribution in [3.05, 3.63) is 138 Å². The SMILES string of the molecule is O=C(NC(Cc1ccccc1)C1=COCO1)c1cccc(NC(=O)c2ccccc2-c2ccccc2)c1. The molecule has 0 aliphatic carbocycles. The molecule has 6 heteroatoms. The number of carbonyl (C=O) groups excluding carboxylic acids is 2. The van der Waals surface area contributed by atoms with Crippen LogP contribution in [0.1, 0.15) is 26.3 Å². The summed E-state index contributed by atoms with van der Waals surface area (Å²) in [6.07, 6.45) is 2.09. The number of hydrogen-bond donors (Lipinski definition) is 2. The first-order valence-corrected chi connectivity index (χ1v) is 12.0. The highest BCUT2D eigenvalue weighted by molar-refractivity contribution is 6.09. The van der Waals surface area contributed by atoms with Gasteiger partial charge in [-0.2, -0.15) is 0 Å². The lowest BCUT2D eigenvalue weighted by Crippen LogP contribution is -2.38. The molecule has 0 spiro atoms. The minimum Gasteiger partial charge on any atom is -0.462 e. The minimum atomic E-state index is -0.395. The quantitative estimate of drug-likeness (QED) is 0.328. The van der Waals surface area contributed by atoms with Crippen LogP contribution in [-0.2, 0) is 15.9 Å². The Morgan fingerprint density at radius 2 is 1.51 bits per heavy atom. The van der Waals surface area contributed by atoms with E-state index >= 15 is 0 Å². The van der Waals surface area contributed by atoms with Crippen LogP contribution >= 0.6 is 0 Å². The zero-order valence-corrected chi connectivity index (χ0v) is 20.1. The Labute approximate surface area is 215 Å². The Morgan fingerprint density at radius 1 is 0.784 bits per heavy atom. The Morgan fingerprint density at radius 3 is 2.27 bits per heavy atom. The number of anilines is 1. The van der Waals surface area contributed by atoms with Crippen molar-refractivity contribution in [1.82, 2.24) is 5.32 Å². The van der Waals surface area contributed by atoms with Gasteiger partial charge < -0.3 is 20.1 Å². The van der Waals surface area contributed by atoms with Crippen molar-refractivity contribution in [2.75, 3.05) is 12.1 Å². The van der Waals surface area contributed by atoms with Crippen molar-refractivity contribution in [1.29, 1.82) is 0 Å². The van der Waals surface area contributed by atoms with Gasteiger partial charge in [-0.1, -0.05) is 84.9 Å². The lowest BCUT2D eigenvalue weighted by Gasteiger charge is -2.19. The number of carbonyl (C=O) groups is 2. The summed E-state index contributed by atoms with van der Waals surface area (Å²) in [6.45, 7) is 0.127. The van der Waals surface area contributed by atoms with Crippen LogP contribution in [0.5, 0.6) is 0 Å². The van der Waals surface area contributed by atoms with Crippen molar-refractivity contribution in [2.24, 2.45) is 0 Å². The van der Waals surface area contributed by atoms with Crippen LogP contribution in [0.15, 0.2) is 121 Å². The van der Waals surface area contributed by atoms with E-state index in [9.17, 15) is 9.59 Å². The summed E-state index contributed by atoms with van der Waals surface area (Å²) in [7, 11) is 0. The molecule has 4 aromatic carbocycles. The summed E-state index contributed by atoms with van der Waals surface area (Å²) >= 11 is 0. The standard InChI is InChI=1S/C31H26N2O4/c34-30(33-28(29-20-36-21-37-29)18-22-10-3-1-4-11-22)24-14-9-15-25(19-24)32-31(35)27-17-8-7-16-26(27)23-12-5-2-6-13-23/h1-17,19-20,28H,18,21H2,(H,32,35)(H,33,34). The fourth-order valence-electron chi connectivity index (χ4n) is 4.24. The molecule has 2 N–H and O–H groups in total. The van der Waals surface area contributed by atoms with Crippen LogP contribution < -0.4 is 10.6 Å². The van der Waals surface area contributed by atoms with Gasteiger partial charge in [-0.25, -0.2) is 0 Å². The minimum absolute atomic E-state index is 0.127. The average molecular weight is 491 g/mol. The summed E-state index contributed by atoms with van der Waals surface area (Å²) in [5, 5.41) is 5.98. The van der Waals surface area contributed by atoms with Crippen molar-refractivity contribution in [2.45, 2.75) is 12.5 Å². The predicted molar refractivity (Wildman–Crippen MR) is 143 cm³/mol. The summed E-state index contributed by atoms with van der Waals surface area (Å²) < 4.78 is 10.8. The molecule has 0 aromatic heterocycles. The first kappa shape index (κ1) is 23.9. The van der Waals surface area contributed by atoms with Crippen LogP contribution in [0.3, 0.4) is 0 Å². The molecule has 0 bridgehead atoms. The average Bonchev–Trinajstić information content (AvgIpc) is 3.49. The van der Waals surface area contributed by atoms with Gasteiger partial charge in [-0.3, -0.25) is 9.59 Å². The second-order valence-corrected chi connectivity index (χ2v) is 8.61. The molecule has 1 aliphatic heterocycles. The van der Waals surface area contributed by atoms with E-state index in [2.05, 4.69) is 10.6 Å². The largest absolute Gasteiger partial charge is 0.462 e. The van der Waals surface area contributed by atoms with E-state index in [1.54, 1.807) is 30.3 Å². The summed E-state index contributed by atoms with van der Waals surface area (Å²) in [6, 6.07) is 33.6. The van der Waals surface area contributed by atoms with Gasteiger partial charge in [0.25, 0.3) is 11.8 Å². The van der Waals surface area contributed by atoms with Crippen molar-refractivity contribution < 1.29 is 19.1 Å². The molecule has 5 rings (SSSR count). The number of ether oxygens (including phenoxy) is 2. The normalized spacial score (nSPS) is 13.0. The predicted octanol–water partition coefficient (Wildman–Crippen LogP) is 5.79. The Hall–Kier alpha value is -4.84. The van der Waals surface area contributed by atoms with Crippen LogP contribution in [-0.4, -0.2) is 24.6 Å². The lowest BCUT2D eigenvalue weighted by atomic mass is 9.99. The van der Waals surface area contributed by atoms with Gasteiger partial charge in [0.05, 0.1) is 6.04 Å². The molecule has 0 fully saturated rings. The Kier molecular flexibility index (Phi) is 7.27. The van der Waals surface area contributed by atoms with E-state index in [1.165, 1.54) is 6.26 Å². The summed E-state index contributed by atoms with van der Waals surface area (Å²) in [5.74, 6) is 0.0397. The third-order valence-electron chi connectivity index (χ3n) is 6.06. The van der Waals surface area contributed by atoms with E-state index in [4.69, 9.17) is 9.47 Å². The van der Waals surface area contributed by atoms with Crippen molar-refractivity contribution >= 4 is 17.5 Å². The molecule has 2 amide bonds. The number of hydrogen-bond acceptors (Lipinski definition) is 4. The molecule has 37 heavy (non-hydrogen) atoms. The monoisotopic (exact) mass is 490 g/mol. The summed E-state index contributed by atoms with van der Waals surface area (Å²) in [4.78, 5) is 26.4. The summed E-state index contributed by atoms with van der Waals surface area (Å²) in [5.41, 5.74) is 4.36. The van der Waals surface area contributed by atoms with Gasteiger partial charge in [-0.15, -0.1) is 0 Å². The zero-order valence-electron chi connectivity index (χ0n) is 20.1. The third kappa shape index (κ3) is 5.87. The maximum atomic E-state index is 13.2. The van der Waals surface area contributed by atoms with Crippen molar-refractivity contribution in [3.63, 3.8) is 0 Å². The molecule has 1 unspecified atom stereocenters. The topological polar surface area (TPSA) is 76.7 Å². The van der Waals surface area contributed by atoms with E-state index in [0.29, 0.717) is 29.0 Å². The molecular formula is C31H26N2O4. The highest BCUT2D eigenvalue weighted by Gasteiger charge is 2.23. The van der Waals surface area contributed by atoms with Crippen LogP contribution in [0, 0.1) is 0 Å². The molecule has 184 valence electrons. The first-order valence-electron chi connectivity index (χ1n) is 12.0. The van der Waals surface area contributed by atoms with Gasteiger partial charge in [0.2, 0.25) is 6.79 Å². The molecule has 0 saturated carbocycles. The first-order chi connectivity index (χ1) is 18.2. The molecule has 4 aromatic rings. The zero-order chi connectivity index (χ0) is 25.5. The smallest absolute Gasteiger partial charge is 0.256 e. The van der Waals surface area contributed by atoms with Gasteiger partial charge in [0.15, 0.2) is 5.76 Å². The van der Waals surface area contributed by atoms with Crippen LogP contribution in [0.25, 0.3) is 11.1 Å². The highest BCUT2D eigenvalue weighted by Crippen LogP contribution is 2.25. The van der Waals surface area contributed by atoms with Gasteiger partial charge in [0.1, 0.15) is 6.26 Å². The van der Waals surface area contributed by atoms with Gasteiger partial charge in [-0.05, 0) is 41.0 Å². The fraction of sp³-hybridized carbons (Fsp3) is 0.0968. The Balaban J connectivity index is 1.32. The number of nitrogens with one attached hydrogen (secondary N) is 2. The molecule has 1 heterocycles. The van der Waals surface area contributed by atoms with E-state index < -0.39 is 6.04 Å². The molecule has 1 atom stereocenters. The third-order valence-corrected chi connectivity index (χ3v) is 6.06. The second-order valence-electron chi connectivity index (χ2n) is 8.61. The highest BCUT2D eigenvalue weighted by atomic mass is 16.7. The van der Waals surface area contributed by atoms with E-state index in [1.807, 2.05) is 78.9 Å². The van der Waals surface area contributed by atoms with Crippen LogP contribution in [0.2, 0.25) is 0 Å². The molecular weight excluding hydrogens is 464 g/mol. The van der Waals surface area contributed by atoms with Gasteiger partial charge in [0, 0.05) is 23.2 Å². The second kappa shape index (κ2) is 11.3. The number of benzene rings is 4. The molecule has 0 radical (unpaired) electrons. The maximum absolute atomic E-state index is 13.2. The molecule has 6 nitrogen and oxygen atoms in total. The maximum Gasteiger partial charge on any atom is 0.256 e. The molecule has 1 aliphatic rings. The van der Waals surface area contributed by atoms with E-state index in [0.717, 1.165) is 16.7 Å². The number of amides is 2. The Bertz CT molecular complexity index is 1420. The van der Waals surface area contributed by atoms with Crippen LogP contribution in [0.4, 0.5) is 5.69 Å².